The van der Waals surface area contributed by atoms with E-state index >= 15 is 0 Å². The zero-order valence-corrected chi connectivity index (χ0v) is 17.7. The standard InChI is InChI=1S/C17H28N4O4S.ClH/c1-11(2)10-13(19-15(23)12-4-7-24-8-5-12)14(22)16-20-21-17(25-16)26-9-6-18-3;/h11-13,18H,4-10H2,1-3H3,(H,19,23);1H/t13-;/m0./s1. The van der Waals surface area contributed by atoms with E-state index < -0.39 is 6.04 Å². The Kier molecular flexibility index (Phi) is 10.9. The average Bonchev–Trinajstić information content (AvgIpc) is 3.10. The van der Waals surface area contributed by atoms with Crippen LogP contribution in [0.4, 0.5) is 0 Å². The van der Waals surface area contributed by atoms with Crippen LogP contribution in [0.25, 0.3) is 0 Å². The molecule has 0 unspecified atom stereocenters. The topological polar surface area (TPSA) is 106 Å². The van der Waals surface area contributed by atoms with Gasteiger partial charge in [0.15, 0.2) is 0 Å². The van der Waals surface area contributed by atoms with Crippen LogP contribution in [-0.4, -0.2) is 60.5 Å². The molecule has 0 spiro atoms. The summed E-state index contributed by atoms with van der Waals surface area (Å²) >= 11 is 1.39. The number of hydrogen-bond donors (Lipinski definition) is 2. The van der Waals surface area contributed by atoms with Crippen LogP contribution in [-0.2, 0) is 9.53 Å². The van der Waals surface area contributed by atoms with Crippen LogP contribution in [0.5, 0.6) is 0 Å². The molecule has 0 aliphatic carbocycles. The lowest BCUT2D eigenvalue weighted by Crippen LogP contribution is -2.45. The van der Waals surface area contributed by atoms with Crippen LogP contribution < -0.4 is 10.6 Å². The summed E-state index contributed by atoms with van der Waals surface area (Å²) in [5.74, 6) is 0.424. The van der Waals surface area contributed by atoms with E-state index in [4.69, 9.17) is 9.15 Å². The number of rotatable bonds is 10. The largest absolute Gasteiger partial charge is 0.408 e. The minimum atomic E-state index is -0.652. The Morgan fingerprint density at radius 1 is 1.26 bits per heavy atom. The highest BCUT2D eigenvalue weighted by Crippen LogP contribution is 2.19. The molecule has 1 atom stereocenters. The van der Waals surface area contributed by atoms with Crippen LogP contribution >= 0.6 is 24.2 Å². The van der Waals surface area contributed by atoms with Gasteiger partial charge in [0.05, 0.1) is 6.04 Å². The summed E-state index contributed by atoms with van der Waals surface area (Å²) < 4.78 is 10.8. The number of carbonyl (C=O) groups excluding carboxylic acids is 2. The van der Waals surface area contributed by atoms with Crippen molar-refractivity contribution in [3.05, 3.63) is 5.89 Å². The first-order chi connectivity index (χ1) is 12.5. The van der Waals surface area contributed by atoms with Gasteiger partial charge in [0.1, 0.15) is 0 Å². The number of ketones is 1. The molecule has 1 aliphatic rings. The molecule has 10 heteroatoms. The molecule has 2 heterocycles. The lowest BCUT2D eigenvalue weighted by Gasteiger charge is -2.24. The summed E-state index contributed by atoms with van der Waals surface area (Å²) in [6.07, 6.45) is 1.89. The molecule has 2 N–H and O–H groups in total. The van der Waals surface area contributed by atoms with E-state index in [9.17, 15) is 9.59 Å². The molecule has 1 aliphatic heterocycles. The lowest BCUT2D eigenvalue weighted by atomic mass is 9.96. The van der Waals surface area contributed by atoms with Crippen molar-refractivity contribution < 1.29 is 18.7 Å². The van der Waals surface area contributed by atoms with Gasteiger partial charge in [-0.05, 0) is 32.2 Å². The molecule has 1 saturated heterocycles. The Bertz CT molecular complexity index is 593. The average molecular weight is 421 g/mol. The maximum atomic E-state index is 12.8. The number of Topliss-reactive ketones (excluding diaryl/α,β-unsaturated/α-hetero) is 1. The van der Waals surface area contributed by atoms with Crippen LogP contribution in [0.3, 0.4) is 0 Å². The maximum Gasteiger partial charge on any atom is 0.286 e. The van der Waals surface area contributed by atoms with Crippen molar-refractivity contribution in [3.63, 3.8) is 0 Å². The first-order valence-corrected chi connectivity index (χ1v) is 10.0. The van der Waals surface area contributed by atoms with Crippen molar-refractivity contribution >= 4 is 35.9 Å². The Balaban J connectivity index is 0.00000364. The number of carbonyl (C=O) groups is 2. The maximum absolute atomic E-state index is 12.8. The van der Waals surface area contributed by atoms with Crippen LogP contribution in [0.2, 0.25) is 0 Å². The Morgan fingerprint density at radius 2 is 1.96 bits per heavy atom. The number of thioether (sulfide) groups is 1. The summed E-state index contributed by atoms with van der Waals surface area (Å²) in [5.41, 5.74) is 0. The third-order valence-corrected chi connectivity index (χ3v) is 4.95. The molecule has 8 nitrogen and oxygen atoms in total. The molecule has 0 bridgehead atoms. The molecule has 2 rings (SSSR count). The van der Waals surface area contributed by atoms with Gasteiger partial charge in [0, 0.05) is 31.4 Å². The zero-order chi connectivity index (χ0) is 18.9. The van der Waals surface area contributed by atoms with E-state index in [0.29, 0.717) is 37.7 Å². The first-order valence-electron chi connectivity index (χ1n) is 9.04. The number of nitrogens with one attached hydrogen (secondary N) is 2. The lowest BCUT2D eigenvalue weighted by molar-refractivity contribution is -0.128. The van der Waals surface area contributed by atoms with Gasteiger partial charge in [-0.25, -0.2) is 0 Å². The number of nitrogens with zero attached hydrogens (tertiary/aromatic N) is 2. The second kappa shape index (κ2) is 12.3. The number of aromatic nitrogens is 2. The molecule has 1 amide bonds. The fourth-order valence-corrected chi connectivity index (χ4v) is 3.43. The monoisotopic (exact) mass is 420 g/mol. The zero-order valence-electron chi connectivity index (χ0n) is 16.0. The van der Waals surface area contributed by atoms with Crippen molar-refractivity contribution in [2.75, 3.05) is 32.6 Å². The normalized spacial score (nSPS) is 16.0. The molecule has 1 aromatic rings. The minimum absolute atomic E-state index is 0. The van der Waals surface area contributed by atoms with Gasteiger partial charge >= 0.3 is 0 Å². The Labute approximate surface area is 170 Å². The summed E-state index contributed by atoms with van der Waals surface area (Å²) in [7, 11) is 1.86. The quantitative estimate of drug-likeness (QED) is 0.336. The molecule has 0 saturated carbocycles. The van der Waals surface area contributed by atoms with Crippen LogP contribution in [0.15, 0.2) is 9.64 Å². The summed E-state index contributed by atoms with van der Waals surface area (Å²) in [6, 6.07) is -0.652. The van der Waals surface area contributed by atoms with Gasteiger partial charge in [-0.1, -0.05) is 25.6 Å². The summed E-state index contributed by atoms with van der Waals surface area (Å²) in [6.45, 7) is 5.98. The second-order valence-electron chi connectivity index (χ2n) is 6.77. The fraction of sp³-hybridized carbons (Fsp3) is 0.765. The van der Waals surface area contributed by atoms with Gasteiger partial charge < -0.3 is 19.8 Å². The van der Waals surface area contributed by atoms with E-state index in [1.54, 1.807) is 0 Å². The van der Waals surface area contributed by atoms with E-state index in [-0.39, 0.29) is 41.8 Å². The summed E-state index contributed by atoms with van der Waals surface area (Å²) in [4.78, 5) is 25.3. The second-order valence-corrected chi connectivity index (χ2v) is 7.81. The van der Waals surface area contributed by atoms with E-state index in [1.807, 2.05) is 20.9 Å². The third-order valence-electron chi connectivity index (χ3n) is 4.13. The Morgan fingerprint density at radius 3 is 2.59 bits per heavy atom. The van der Waals surface area contributed by atoms with Gasteiger partial charge in [-0.2, -0.15) is 0 Å². The number of amides is 1. The van der Waals surface area contributed by atoms with Crippen molar-refractivity contribution in [1.29, 1.82) is 0 Å². The summed E-state index contributed by atoms with van der Waals surface area (Å²) in [5, 5.41) is 14.1. The van der Waals surface area contributed by atoms with Gasteiger partial charge in [-0.3, -0.25) is 9.59 Å². The fourth-order valence-electron chi connectivity index (χ4n) is 2.71. The van der Waals surface area contributed by atoms with E-state index in [2.05, 4.69) is 20.8 Å². The Hall–Kier alpha value is -1.16. The van der Waals surface area contributed by atoms with Crippen LogP contribution in [0.1, 0.15) is 43.8 Å². The molecule has 0 radical (unpaired) electrons. The number of halogens is 1. The highest BCUT2D eigenvalue weighted by Gasteiger charge is 2.30. The minimum Gasteiger partial charge on any atom is -0.408 e. The van der Waals surface area contributed by atoms with Crippen molar-refractivity contribution in [2.24, 2.45) is 11.8 Å². The molecule has 1 fully saturated rings. The van der Waals surface area contributed by atoms with Crippen molar-refractivity contribution in [2.45, 2.75) is 44.4 Å². The van der Waals surface area contributed by atoms with Crippen molar-refractivity contribution in [1.82, 2.24) is 20.8 Å². The first kappa shape index (κ1) is 23.9. The predicted molar refractivity (Wildman–Crippen MR) is 105 cm³/mol. The SMILES string of the molecule is CNCCSc1nnc(C(=O)[C@H](CC(C)C)NC(=O)C2CCOCC2)o1.Cl. The van der Waals surface area contributed by atoms with Crippen molar-refractivity contribution in [3.8, 4) is 0 Å². The molecular formula is C17H29ClN4O4S. The highest BCUT2D eigenvalue weighted by atomic mass is 35.5. The number of ether oxygens (including phenoxy) is 1. The van der Waals surface area contributed by atoms with E-state index in [1.165, 1.54) is 11.8 Å². The predicted octanol–water partition coefficient (Wildman–Crippen LogP) is 1.94. The molecule has 0 aromatic carbocycles. The highest BCUT2D eigenvalue weighted by molar-refractivity contribution is 7.99. The molecule has 27 heavy (non-hydrogen) atoms. The van der Waals surface area contributed by atoms with Gasteiger partial charge in [0.2, 0.25) is 11.7 Å². The van der Waals surface area contributed by atoms with Gasteiger partial charge in [-0.15, -0.1) is 22.6 Å². The number of hydrogen-bond acceptors (Lipinski definition) is 8. The molecular weight excluding hydrogens is 392 g/mol. The third kappa shape index (κ3) is 7.77. The molecule has 1 aromatic heterocycles. The smallest absolute Gasteiger partial charge is 0.286 e. The molecule has 154 valence electrons. The van der Waals surface area contributed by atoms with E-state index in [0.717, 1.165) is 12.3 Å². The van der Waals surface area contributed by atoms with Crippen LogP contribution in [0, 0.1) is 11.8 Å². The van der Waals surface area contributed by atoms with Gasteiger partial charge in [0.25, 0.3) is 11.1 Å².